The van der Waals surface area contributed by atoms with E-state index in [1.807, 2.05) is 6.07 Å². The lowest BCUT2D eigenvalue weighted by Gasteiger charge is -2.12. The van der Waals surface area contributed by atoms with Crippen LogP contribution in [0.15, 0.2) is 72.3 Å². The van der Waals surface area contributed by atoms with Crippen molar-refractivity contribution in [1.82, 2.24) is 9.55 Å². The third kappa shape index (κ3) is 4.60. The summed E-state index contributed by atoms with van der Waals surface area (Å²) in [6.07, 6.45) is 1.56. The van der Waals surface area contributed by atoms with E-state index >= 15 is 0 Å². The summed E-state index contributed by atoms with van der Waals surface area (Å²) < 4.78 is 16.7. The summed E-state index contributed by atoms with van der Waals surface area (Å²) in [6, 6.07) is 13.1. The van der Waals surface area contributed by atoms with Crippen molar-refractivity contribution < 1.29 is 19.0 Å². The van der Waals surface area contributed by atoms with Crippen molar-refractivity contribution in [3.63, 3.8) is 0 Å². The fourth-order valence-electron chi connectivity index (χ4n) is 3.45. The van der Waals surface area contributed by atoms with Crippen LogP contribution in [0, 0.1) is 0 Å². The van der Waals surface area contributed by atoms with E-state index in [0.29, 0.717) is 34.6 Å². The number of hydrogen-bond acceptors (Lipinski definition) is 8. The molecule has 0 aliphatic rings. The minimum absolute atomic E-state index is 0.104. The molecule has 0 radical (unpaired) electrons. The molecule has 0 aliphatic carbocycles. The third-order valence-corrected chi connectivity index (χ3v) is 5.22. The fraction of sp³-hybridized carbons (Fsp3) is 0.167. The first-order valence-electron chi connectivity index (χ1n) is 10.2. The Labute approximate surface area is 192 Å². The standard InChI is InChI=1S/C24H21N3O7/c1-32-19-6-3-14(11-20(19)33-2)9-10-27-23(30)17(22(29)26-24(27)31)13-25-16-5-7-18-15(12-16)4-8-21(28)34-18/h3-8,11-13,30H,9-10H2,1-2H3,(H,26,29,31). The van der Waals surface area contributed by atoms with Crippen LogP contribution in [0.4, 0.5) is 5.69 Å². The zero-order valence-electron chi connectivity index (χ0n) is 18.4. The van der Waals surface area contributed by atoms with Crippen LogP contribution in [0.5, 0.6) is 17.4 Å². The summed E-state index contributed by atoms with van der Waals surface area (Å²) in [5, 5.41) is 11.3. The molecular weight excluding hydrogens is 442 g/mol. The summed E-state index contributed by atoms with van der Waals surface area (Å²) in [5.74, 6) is 0.620. The molecule has 0 amide bonds. The van der Waals surface area contributed by atoms with Crippen LogP contribution in [-0.4, -0.2) is 35.1 Å². The smallest absolute Gasteiger partial charge is 0.336 e. The van der Waals surface area contributed by atoms with Gasteiger partial charge in [-0.25, -0.2) is 9.59 Å². The highest BCUT2D eigenvalue weighted by Crippen LogP contribution is 2.28. The monoisotopic (exact) mass is 463 g/mol. The van der Waals surface area contributed by atoms with Gasteiger partial charge in [-0.3, -0.25) is 19.3 Å². The van der Waals surface area contributed by atoms with Gasteiger partial charge in [0.05, 0.1) is 19.9 Å². The Kier molecular flexibility index (Phi) is 6.30. The maximum atomic E-state index is 12.3. The van der Waals surface area contributed by atoms with E-state index in [-0.39, 0.29) is 12.1 Å². The number of aromatic hydroxyl groups is 1. The largest absolute Gasteiger partial charge is 0.494 e. The van der Waals surface area contributed by atoms with Crippen molar-refractivity contribution in [2.24, 2.45) is 4.99 Å². The van der Waals surface area contributed by atoms with E-state index in [0.717, 1.165) is 10.1 Å². The molecule has 2 aromatic carbocycles. The average molecular weight is 463 g/mol. The second-order valence-corrected chi connectivity index (χ2v) is 7.32. The summed E-state index contributed by atoms with van der Waals surface area (Å²) in [4.78, 5) is 42.4. The molecule has 4 rings (SSSR count). The van der Waals surface area contributed by atoms with E-state index in [1.54, 1.807) is 36.4 Å². The SMILES string of the molecule is COc1ccc(CCn2c(O)c(C=Nc3ccc4oc(=O)ccc4c3)c(=O)[nH]c2=O)cc1OC. The third-order valence-electron chi connectivity index (χ3n) is 5.22. The summed E-state index contributed by atoms with van der Waals surface area (Å²) in [5.41, 5.74) is -0.421. The summed E-state index contributed by atoms with van der Waals surface area (Å²) in [7, 11) is 3.06. The maximum Gasteiger partial charge on any atom is 0.336 e. The number of H-pyrrole nitrogens is 1. The molecule has 4 aromatic rings. The van der Waals surface area contributed by atoms with E-state index in [4.69, 9.17) is 13.9 Å². The van der Waals surface area contributed by atoms with Gasteiger partial charge in [-0.1, -0.05) is 6.07 Å². The first kappa shape index (κ1) is 22.6. The number of aromatic nitrogens is 2. The van der Waals surface area contributed by atoms with E-state index < -0.39 is 22.8 Å². The van der Waals surface area contributed by atoms with Gasteiger partial charge < -0.3 is 19.0 Å². The second-order valence-electron chi connectivity index (χ2n) is 7.32. The van der Waals surface area contributed by atoms with Crippen LogP contribution in [0.1, 0.15) is 11.1 Å². The van der Waals surface area contributed by atoms with E-state index in [1.165, 1.54) is 26.5 Å². The van der Waals surface area contributed by atoms with Crippen LogP contribution >= 0.6 is 0 Å². The van der Waals surface area contributed by atoms with Crippen molar-refractivity contribution in [2.45, 2.75) is 13.0 Å². The van der Waals surface area contributed by atoms with Gasteiger partial charge in [-0.2, -0.15) is 0 Å². The summed E-state index contributed by atoms with van der Waals surface area (Å²) in [6.45, 7) is 0.104. The van der Waals surface area contributed by atoms with E-state index in [2.05, 4.69) is 9.98 Å². The molecule has 0 unspecified atom stereocenters. The quantitative estimate of drug-likeness (QED) is 0.317. The normalized spacial score (nSPS) is 11.2. The van der Waals surface area contributed by atoms with Gasteiger partial charge in [0.25, 0.3) is 5.56 Å². The number of nitrogens with zero attached hydrogens (tertiary/aromatic N) is 2. The Morgan fingerprint density at radius 3 is 2.59 bits per heavy atom. The van der Waals surface area contributed by atoms with Gasteiger partial charge in [0, 0.05) is 24.2 Å². The molecular formula is C24H21N3O7. The molecule has 10 nitrogen and oxygen atoms in total. The Balaban J connectivity index is 1.61. The molecule has 174 valence electrons. The number of fused-ring (bicyclic) bond motifs is 1. The zero-order valence-corrected chi connectivity index (χ0v) is 18.4. The summed E-state index contributed by atoms with van der Waals surface area (Å²) >= 11 is 0. The molecule has 2 N–H and O–H groups in total. The number of aryl methyl sites for hydroxylation is 1. The van der Waals surface area contributed by atoms with Gasteiger partial charge in [0.1, 0.15) is 11.1 Å². The average Bonchev–Trinajstić information content (AvgIpc) is 2.83. The van der Waals surface area contributed by atoms with Crippen LogP contribution < -0.4 is 26.3 Å². The molecule has 2 aromatic heterocycles. The molecule has 0 spiro atoms. The van der Waals surface area contributed by atoms with Crippen molar-refractivity contribution in [3.05, 3.63) is 90.9 Å². The van der Waals surface area contributed by atoms with E-state index in [9.17, 15) is 19.5 Å². The number of aliphatic imine (C=N–C) groups is 1. The van der Waals surface area contributed by atoms with Gasteiger partial charge in [0.15, 0.2) is 11.5 Å². The Hall–Kier alpha value is -4.60. The van der Waals surface area contributed by atoms with Crippen molar-refractivity contribution in [1.29, 1.82) is 0 Å². The molecule has 0 bridgehead atoms. The molecule has 0 fully saturated rings. The highest BCUT2D eigenvalue weighted by molar-refractivity contribution is 5.86. The van der Waals surface area contributed by atoms with Crippen molar-refractivity contribution in [3.8, 4) is 17.4 Å². The van der Waals surface area contributed by atoms with Crippen LogP contribution in [0.25, 0.3) is 11.0 Å². The first-order valence-corrected chi connectivity index (χ1v) is 10.2. The molecule has 0 saturated heterocycles. The van der Waals surface area contributed by atoms with Gasteiger partial charge in [-0.15, -0.1) is 0 Å². The maximum absolute atomic E-state index is 12.3. The molecule has 0 aliphatic heterocycles. The van der Waals surface area contributed by atoms with Crippen molar-refractivity contribution >= 4 is 22.9 Å². The number of rotatable bonds is 7. The minimum atomic E-state index is -0.764. The zero-order chi connectivity index (χ0) is 24.2. The molecule has 10 heteroatoms. The predicted octanol–water partition coefficient (Wildman–Crippen LogP) is 2.36. The van der Waals surface area contributed by atoms with Gasteiger partial charge in [0.2, 0.25) is 5.88 Å². The highest BCUT2D eigenvalue weighted by Gasteiger charge is 2.13. The Bertz CT molecular complexity index is 1560. The number of ether oxygens (including phenoxy) is 2. The van der Waals surface area contributed by atoms with Crippen LogP contribution in [0.3, 0.4) is 0 Å². The molecule has 34 heavy (non-hydrogen) atoms. The lowest BCUT2D eigenvalue weighted by Crippen LogP contribution is -2.32. The number of benzene rings is 2. The molecule has 2 heterocycles. The lowest BCUT2D eigenvalue weighted by molar-refractivity contribution is 0.354. The second kappa shape index (κ2) is 9.49. The number of nitrogens with one attached hydrogen (secondary N) is 1. The number of methoxy groups -OCH3 is 2. The van der Waals surface area contributed by atoms with Crippen molar-refractivity contribution in [2.75, 3.05) is 14.2 Å². The fourth-order valence-corrected chi connectivity index (χ4v) is 3.45. The Morgan fingerprint density at radius 1 is 1.03 bits per heavy atom. The topological polar surface area (TPSA) is 136 Å². The van der Waals surface area contributed by atoms with Gasteiger partial charge >= 0.3 is 11.3 Å². The van der Waals surface area contributed by atoms with Gasteiger partial charge in [-0.05, 0) is 48.4 Å². The number of hydrogen-bond donors (Lipinski definition) is 2. The first-order chi connectivity index (χ1) is 16.4. The molecule has 0 atom stereocenters. The van der Waals surface area contributed by atoms with Crippen LogP contribution in [0.2, 0.25) is 0 Å². The molecule has 0 saturated carbocycles. The number of aromatic amines is 1. The predicted molar refractivity (Wildman–Crippen MR) is 126 cm³/mol. The van der Waals surface area contributed by atoms with Crippen LogP contribution in [-0.2, 0) is 13.0 Å². The minimum Gasteiger partial charge on any atom is -0.494 e. The Morgan fingerprint density at radius 2 is 1.82 bits per heavy atom. The highest BCUT2D eigenvalue weighted by atomic mass is 16.5. The lowest BCUT2D eigenvalue weighted by atomic mass is 10.1.